The molecular formula is C32H30N4O4S. The Balaban J connectivity index is 1.52. The van der Waals surface area contributed by atoms with Gasteiger partial charge in [-0.25, -0.2) is 4.98 Å². The summed E-state index contributed by atoms with van der Waals surface area (Å²) in [6.45, 7) is 4.12. The number of hydrogen-bond acceptors (Lipinski definition) is 6. The minimum Gasteiger partial charge on any atom is -0.493 e. The predicted octanol–water partition coefficient (Wildman–Crippen LogP) is 6.01. The number of aromatic nitrogens is 1. The van der Waals surface area contributed by atoms with E-state index in [0.717, 1.165) is 4.90 Å². The first-order valence-electron chi connectivity index (χ1n) is 13.0. The van der Waals surface area contributed by atoms with Crippen LogP contribution >= 0.6 is 11.8 Å². The SMILES string of the molecule is CCOc1ccccc1/C=C(/NC(=O)c1ccccc1)C(=O)Nc1cccc(SC(C)C(=O)Nc2ccccn2)c1. The molecule has 0 aliphatic rings. The first-order valence-corrected chi connectivity index (χ1v) is 13.9. The molecule has 0 aliphatic carbocycles. The highest BCUT2D eigenvalue weighted by atomic mass is 32.2. The van der Waals surface area contributed by atoms with Crippen LogP contribution in [0.4, 0.5) is 11.5 Å². The van der Waals surface area contributed by atoms with Gasteiger partial charge in [-0.1, -0.05) is 48.5 Å². The Kier molecular flexibility index (Phi) is 10.3. The van der Waals surface area contributed by atoms with Crippen molar-refractivity contribution in [3.63, 3.8) is 0 Å². The third kappa shape index (κ3) is 8.55. The van der Waals surface area contributed by atoms with Gasteiger partial charge in [0.2, 0.25) is 5.91 Å². The zero-order valence-electron chi connectivity index (χ0n) is 22.7. The molecule has 3 N–H and O–H groups in total. The number of carbonyl (C=O) groups excluding carboxylic acids is 3. The number of ether oxygens (including phenoxy) is 1. The van der Waals surface area contributed by atoms with Crippen LogP contribution in [0, 0.1) is 0 Å². The van der Waals surface area contributed by atoms with Gasteiger partial charge in [0.25, 0.3) is 11.8 Å². The van der Waals surface area contributed by atoms with Crippen LogP contribution in [0.3, 0.4) is 0 Å². The van der Waals surface area contributed by atoms with Gasteiger partial charge in [0.15, 0.2) is 0 Å². The summed E-state index contributed by atoms with van der Waals surface area (Å²) in [6.07, 6.45) is 3.20. The molecule has 41 heavy (non-hydrogen) atoms. The largest absolute Gasteiger partial charge is 0.493 e. The highest BCUT2D eigenvalue weighted by molar-refractivity contribution is 8.00. The van der Waals surface area contributed by atoms with Gasteiger partial charge in [-0.2, -0.15) is 0 Å². The summed E-state index contributed by atoms with van der Waals surface area (Å²) in [4.78, 5) is 44.0. The van der Waals surface area contributed by atoms with E-state index < -0.39 is 17.1 Å². The number of benzene rings is 3. The standard InChI is InChI=1S/C32H30N4O4S/c1-3-40-28-17-8-7-14-24(28)20-27(35-31(38)23-12-5-4-6-13-23)32(39)34-25-15-11-16-26(21-25)41-22(2)30(37)36-29-18-9-10-19-33-29/h4-22H,3H2,1-2H3,(H,34,39)(H,35,38)(H,33,36,37)/b27-20+. The Morgan fingerprint density at radius 3 is 2.41 bits per heavy atom. The lowest BCUT2D eigenvalue weighted by atomic mass is 10.1. The molecule has 3 amide bonds. The van der Waals surface area contributed by atoms with Crippen LogP contribution in [0.15, 0.2) is 114 Å². The molecule has 0 fully saturated rings. The lowest BCUT2D eigenvalue weighted by molar-refractivity contribution is -0.115. The second kappa shape index (κ2) is 14.5. The van der Waals surface area contributed by atoms with E-state index >= 15 is 0 Å². The van der Waals surface area contributed by atoms with Crippen LogP contribution in [0.1, 0.15) is 29.8 Å². The fourth-order valence-electron chi connectivity index (χ4n) is 3.75. The molecule has 1 atom stereocenters. The lowest BCUT2D eigenvalue weighted by Crippen LogP contribution is -2.30. The number of nitrogens with zero attached hydrogens (tertiary/aromatic N) is 1. The quantitative estimate of drug-likeness (QED) is 0.152. The fourth-order valence-corrected chi connectivity index (χ4v) is 4.68. The maximum atomic E-state index is 13.5. The number of anilines is 2. The highest BCUT2D eigenvalue weighted by Gasteiger charge is 2.18. The summed E-state index contributed by atoms with van der Waals surface area (Å²) in [5.41, 5.74) is 1.62. The Bertz CT molecular complexity index is 1530. The number of pyridine rings is 1. The maximum absolute atomic E-state index is 13.5. The number of amides is 3. The molecule has 0 spiro atoms. The van der Waals surface area contributed by atoms with Crippen LogP contribution in [0.25, 0.3) is 6.08 Å². The van der Waals surface area contributed by atoms with E-state index in [4.69, 9.17) is 4.74 Å². The van der Waals surface area contributed by atoms with Crippen LogP contribution in [0.2, 0.25) is 0 Å². The van der Waals surface area contributed by atoms with Gasteiger partial charge in [-0.3, -0.25) is 14.4 Å². The normalized spacial score (nSPS) is 11.7. The van der Waals surface area contributed by atoms with Crippen LogP contribution in [-0.2, 0) is 9.59 Å². The molecule has 0 aliphatic heterocycles. The van der Waals surface area contributed by atoms with Gasteiger partial charge in [-0.05, 0) is 68.5 Å². The molecule has 208 valence electrons. The summed E-state index contributed by atoms with van der Waals surface area (Å²) >= 11 is 1.35. The van der Waals surface area contributed by atoms with Crippen molar-refractivity contribution >= 4 is 47.1 Å². The number of thioether (sulfide) groups is 1. The Labute approximate surface area is 243 Å². The van der Waals surface area contributed by atoms with Crippen molar-refractivity contribution in [2.24, 2.45) is 0 Å². The van der Waals surface area contributed by atoms with Gasteiger partial charge in [0.1, 0.15) is 17.3 Å². The minimum absolute atomic E-state index is 0.0483. The predicted molar refractivity (Wildman–Crippen MR) is 163 cm³/mol. The van der Waals surface area contributed by atoms with Crippen molar-refractivity contribution in [2.45, 2.75) is 24.0 Å². The van der Waals surface area contributed by atoms with Gasteiger partial charge in [-0.15, -0.1) is 11.8 Å². The Morgan fingerprint density at radius 2 is 1.66 bits per heavy atom. The van der Waals surface area contributed by atoms with E-state index in [2.05, 4.69) is 20.9 Å². The zero-order chi connectivity index (χ0) is 29.0. The molecule has 4 aromatic rings. The molecule has 3 aromatic carbocycles. The molecular weight excluding hydrogens is 536 g/mol. The molecule has 0 bridgehead atoms. The van der Waals surface area contributed by atoms with E-state index in [1.165, 1.54) is 11.8 Å². The van der Waals surface area contributed by atoms with Gasteiger partial charge < -0.3 is 20.7 Å². The Morgan fingerprint density at radius 1 is 0.902 bits per heavy atom. The first kappa shape index (κ1) is 29.1. The molecule has 0 saturated heterocycles. The van der Waals surface area contributed by atoms with E-state index in [-0.39, 0.29) is 11.6 Å². The van der Waals surface area contributed by atoms with Crippen molar-refractivity contribution in [3.8, 4) is 5.75 Å². The molecule has 0 radical (unpaired) electrons. The van der Waals surface area contributed by atoms with Crippen LogP contribution in [-0.4, -0.2) is 34.6 Å². The molecule has 0 saturated carbocycles. The van der Waals surface area contributed by atoms with E-state index in [0.29, 0.717) is 35.0 Å². The number of nitrogens with one attached hydrogen (secondary N) is 3. The van der Waals surface area contributed by atoms with Gasteiger partial charge >= 0.3 is 0 Å². The number of rotatable bonds is 11. The topological polar surface area (TPSA) is 109 Å². The zero-order valence-corrected chi connectivity index (χ0v) is 23.5. The number of para-hydroxylation sites is 1. The summed E-state index contributed by atoms with van der Waals surface area (Å²) in [5.74, 6) is -0.0501. The number of hydrogen-bond donors (Lipinski definition) is 3. The highest BCUT2D eigenvalue weighted by Crippen LogP contribution is 2.27. The van der Waals surface area contributed by atoms with Crippen molar-refractivity contribution in [1.82, 2.24) is 10.3 Å². The monoisotopic (exact) mass is 566 g/mol. The molecule has 9 heteroatoms. The van der Waals surface area contributed by atoms with Crippen molar-refractivity contribution < 1.29 is 19.1 Å². The van der Waals surface area contributed by atoms with Gasteiger partial charge in [0.05, 0.1) is 11.9 Å². The van der Waals surface area contributed by atoms with Crippen LogP contribution < -0.4 is 20.7 Å². The smallest absolute Gasteiger partial charge is 0.272 e. The van der Waals surface area contributed by atoms with Crippen LogP contribution in [0.5, 0.6) is 5.75 Å². The minimum atomic E-state index is -0.510. The second-order valence-electron chi connectivity index (χ2n) is 8.80. The summed E-state index contributed by atoms with van der Waals surface area (Å²) in [5, 5.41) is 7.99. The van der Waals surface area contributed by atoms with Crippen molar-refractivity contribution in [1.29, 1.82) is 0 Å². The molecule has 8 nitrogen and oxygen atoms in total. The maximum Gasteiger partial charge on any atom is 0.272 e. The Hall–Kier alpha value is -4.89. The van der Waals surface area contributed by atoms with Crippen molar-refractivity contribution in [2.75, 3.05) is 17.2 Å². The molecule has 1 aromatic heterocycles. The van der Waals surface area contributed by atoms with E-state index in [1.54, 1.807) is 85.9 Å². The van der Waals surface area contributed by atoms with Crippen molar-refractivity contribution in [3.05, 3.63) is 120 Å². The number of carbonyl (C=O) groups is 3. The summed E-state index contributed by atoms with van der Waals surface area (Å²) in [6, 6.07) is 28.4. The van der Waals surface area contributed by atoms with E-state index in [9.17, 15) is 14.4 Å². The molecule has 1 unspecified atom stereocenters. The summed E-state index contributed by atoms with van der Waals surface area (Å²) in [7, 11) is 0. The van der Waals surface area contributed by atoms with Gasteiger partial charge in [0, 0.05) is 27.9 Å². The molecule has 4 rings (SSSR count). The molecule has 1 heterocycles. The average Bonchev–Trinajstić information content (AvgIpc) is 2.99. The van der Waals surface area contributed by atoms with E-state index in [1.807, 2.05) is 37.3 Å². The second-order valence-corrected chi connectivity index (χ2v) is 10.2. The third-order valence-corrected chi connectivity index (χ3v) is 6.83. The average molecular weight is 567 g/mol. The summed E-state index contributed by atoms with van der Waals surface area (Å²) < 4.78 is 5.71. The lowest BCUT2D eigenvalue weighted by Gasteiger charge is -2.14. The fraction of sp³-hybridized carbons (Fsp3) is 0.125. The third-order valence-electron chi connectivity index (χ3n) is 5.74. The first-order chi connectivity index (χ1) is 19.9.